The quantitative estimate of drug-likeness (QED) is 0.396. The summed E-state index contributed by atoms with van der Waals surface area (Å²) in [4.78, 5) is 31.5. The van der Waals surface area contributed by atoms with Gasteiger partial charge in [-0.15, -0.1) is 11.3 Å². The largest absolute Gasteiger partial charge is 0.461 e. The van der Waals surface area contributed by atoms with E-state index in [0.29, 0.717) is 46.4 Å². The van der Waals surface area contributed by atoms with Crippen LogP contribution < -0.4 is 5.32 Å². The van der Waals surface area contributed by atoms with E-state index in [1.54, 1.807) is 13.0 Å². The maximum Gasteiger partial charge on any atom is 0.358 e. The maximum absolute atomic E-state index is 12.3. The van der Waals surface area contributed by atoms with Crippen LogP contribution in [0, 0.1) is 6.92 Å². The van der Waals surface area contributed by atoms with E-state index in [9.17, 15) is 9.59 Å². The number of hydrogen-bond acceptors (Lipinski definition) is 8. The molecule has 1 atom stereocenters. The molecule has 1 aliphatic rings. The van der Waals surface area contributed by atoms with Crippen LogP contribution in [0.5, 0.6) is 0 Å². The highest BCUT2D eigenvalue weighted by Crippen LogP contribution is 2.27. The number of aromatic nitrogens is 1. The summed E-state index contributed by atoms with van der Waals surface area (Å²) >= 11 is 14.8. The van der Waals surface area contributed by atoms with E-state index >= 15 is 0 Å². The highest BCUT2D eigenvalue weighted by Gasteiger charge is 2.22. The molecule has 0 unspecified atom stereocenters. The molecule has 11 heteroatoms. The van der Waals surface area contributed by atoms with Crippen molar-refractivity contribution in [1.82, 2.24) is 15.2 Å². The number of carbonyl (C=O) groups is 2. The summed E-state index contributed by atoms with van der Waals surface area (Å²) in [5, 5.41) is 4.01. The summed E-state index contributed by atoms with van der Waals surface area (Å²) in [5.74, 6) is -0.322. The van der Waals surface area contributed by atoms with Gasteiger partial charge < -0.3 is 14.8 Å². The molecule has 0 aliphatic carbocycles. The Kier molecular flexibility index (Phi) is 9.63. The molecule has 0 radical (unpaired) electrons. The Morgan fingerprint density at radius 1 is 1.38 bits per heavy atom. The molecule has 1 saturated heterocycles. The van der Waals surface area contributed by atoms with Crippen LogP contribution in [0.1, 0.15) is 27.9 Å². The molecule has 1 aliphatic heterocycles. The van der Waals surface area contributed by atoms with Gasteiger partial charge in [0.1, 0.15) is 0 Å². The minimum Gasteiger partial charge on any atom is -0.461 e. The fourth-order valence-corrected chi connectivity index (χ4v) is 5.42. The number of carbonyl (C=O) groups excluding carboxylic acids is 2. The first-order chi connectivity index (χ1) is 15.4. The smallest absolute Gasteiger partial charge is 0.358 e. The van der Waals surface area contributed by atoms with Crippen molar-refractivity contribution in [2.45, 2.75) is 30.8 Å². The average Bonchev–Trinajstić information content (AvgIpc) is 3.14. The third kappa shape index (κ3) is 7.33. The SMILES string of the molecule is CCOC(=O)c1nc(SCC(=O)NC[C@H]2CN(Cc3ccc(Cl)c(Cl)c3)CCO2)sc1C. The van der Waals surface area contributed by atoms with Crippen molar-refractivity contribution < 1.29 is 19.1 Å². The Hall–Kier alpha value is -1.36. The molecule has 0 bridgehead atoms. The van der Waals surface area contributed by atoms with Crippen molar-refractivity contribution in [2.75, 3.05) is 38.6 Å². The van der Waals surface area contributed by atoms with Crippen molar-refractivity contribution in [3.63, 3.8) is 0 Å². The van der Waals surface area contributed by atoms with Crippen molar-refractivity contribution >= 4 is 58.2 Å². The Bertz CT molecular complexity index is 957. The van der Waals surface area contributed by atoms with Crippen LogP contribution in [-0.4, -0.2) is 66.5 Å². The third-order valence-corrected chi connectivity index (χ3v) is 7.57. The van der Waals surface area contributed by atoms with Gasteiger partial charge in [0.25, 0.3) is 0 Å². The molecule has 174 valence electrons. The number of hydrogen-bond donors (Lipinski definition) is 1. The predicted molar refractivity (Wildman–Crippen MR) is 128 cm³/mol. The van der Waals surface area contributed by atoms with Crippen LogP contribution in [0.25, 0.3) is 0 Å². The van der Waals surface area contributed by atoms with Crippen LogP contribution in [0.2, 0.25) is 10.0 Å². The standard InChI is InChI=1S/C21H25Cl2N3O4S2/c1-3-29-20(28)19-13(2)32-21(25-19)31-12-18(27)24-9-15-11-26(6-7-30-15)10-14-4-5-16(22)17(23)8-14/h4-5,8,15H,3,6-7,9-12H2,1-2H3,(H,24,27)/t15-/m0/s1. The van der Waals surface area contributed by atoms with Crippen LogP contribution >= 0.6 is 46.3 Å². The van der Waals surface area contributed by atoms with E-state index in [1.165, 1.54) is 23.1 Å². The number of ether oxygens (including phenoxy) is 2. The van der Waals surface area contributed by atoms with Crippen LogP contribution in [0.4, 0.5) is 0 Å². The fourth-order valence-electron chi connectivity index (χ4n) is 3.17. The molecule has 3 rings (SSSR count). The topological polar surface area (TPSA) is 80.8 Å². The molecule has 1 fully saturated rings. The molecular weight excluding hydrogens is 493 g/mol. The first-order valence-corrected chi connectivity index (χ1v) is 12.7. The molecule has 1 aromatic carbocycles. The lowest BCUT2D eigenvalue weighted by molar-refractivity contribution is -0.119. The summed E-state index contributed by atoms with van der Waals surface area (Å²) in [7, 11) is 0. The van der Waals surface area contributed by atoms with E-state index in [2.05, 4.69) is 15.2 Å². The normalized spacial score (nSPS) is 16.7. The van der Waals surface area contributed by atoms with E-state index < -0.39 is 5.97 Å². The Morgan fingerprint density at radius 2 is 2.19 bits per heavy atom. The molecule has 1 aromatic heterocycles. The lowest BCUT2D eigenvalue weighted by Crippen LogP contribution is -2.47. The van der Waals surface area contributed by atoms with Gasteiger partial charge in [-0.1, -0.05) is 41.0 Å². The molecule has 7 nitrogen and oxygen atoms in total. The number of rotatable bonds is 9. The molecule has 0 spiro atoms. The van der Waals surface area contributed by atoms with Crippen LogP contribution in [0.3, 0.4) is 0 Å². The number of aryl methyl sites for hydroxylation is 1. The number of amides is 1. The number of benzene rings is 1. The summed E-state index contributed by atoms with van der Waals surface area (Å²) in [6.07, 6.45) is -0.0852. The van der Waals surface area contributed by atoms with Gasteiger partial charge in [-0.3, -0.25) is 9.69 Å². The summed E-state index contributed by atoms with van der Waals surface area (Å²) in [6.45, 7) is 7.17. The maximum atomic E-state index is 12.3. The van der Waals surface area contributed by atoms with E-state index in [-0.39, 0.29) is 17.8 Å². The Morgan fingerprint density at radius 3 is 2.94 bits per heavy atom. The minimum atomic E-state index is -0.433. The van der Waals surface area contributed by atoms with Gasteiger partial charge in [0.05, 0.1) is 35.1 Å². The second kappa shape index (κ2) is 12.2. The molecule has 2 aromatic rings. The molecule has 0 saturated carbocycles. The molecule has 32 heavy (non-hydrogen) atoms. The van der Waals surface area contributed by atoms with Gasteiger partial charge >= 0.3 is 5.97 Å². The van der Waals surface area contributed by atoms with Crippen molar-refractivity contribution in [2.24, 2.45) is 0 Å². The zero-order valence-electron chi connectivity index (χ0n) is 17.9. The lowest BCUT2D eigenvalue weighted by Gasteiger charge is -2.33. The second-order valence-corrected chi connectivity index (χ2v) is 10.4. The number of morpholine rings is 1. The average molecular weight is 518 g/mol. The Labute approximate surface area is 205 Å². The Balaban J connectivity index is 1.42. The monoisotopic (exact) mass is 517 g/mol. The van der Waals surface area contributed by atoms with Gasteiger partial charge in [0.15, 0.2) is 10.0 Å². The highest BCUT2D eigenvalue weighted by atomic mass is 35.5. The summed E-state index contributed by atoms with van der Waals surface area (Å²) < 4.78 is 11.5. The molecule has 2 heterocycles. The predicted octanol–water partition coefficient (Wildman–Crippen LogP) is 4.04. The van der Waals surface area contributed by atoms with Crippen molar-refractivity contribution in [1.29, 1.82) is 0 Å². The number of nitrogens with zero attached hydrogens (tertiary/aromatic N) is 2. The first-order valence-electron chi connectivity index (χ1n) is 10.2. The van der Waals surface area contributed by atoms with E-state index in [0.717, 1.165) is 23.5 Å². The van der Waals surface area contributed by atoms with Gasteiger partial charge in [-0.25, -0.2) is 9.78 Å². The first kappa shape index (κ1) is 25.3. The molecule has 1 N–H and O–H groups in total. The van der Waals surface area contributed by atoms with Crippen LogP contribution in [-0.2, 0) is 20.8 Å². The summed E-state index contributed by atoms with van der Waals surface area (Å²) in [6, 6.07) is 5.64. The van der Waals surface area contributed by atoms with Crippen LogP contribution in [0.15, 0.2) is 22.5 Å². The van der Waals surface area contributed by atoms with Gasteiger partial charge in [-0.05, 0) is 31.5 Å². The van der Waals surface area contributed by atoms with Gasteiger partial charge in [0.2, 0.25) is 5.91 Å². The minimum absolute atomic E-state index is 0.0852. The van der Waals surface area contributed by atoms with Gasteiger partial charge in [0, 0.05) is 31.1 Å². The zero-order valence-corrected chi connectivity index (χ0v) is 21.0. The zero-order chi connectivity index (χ0) is 23.1. The third-order valence-electron chi connectivity index (χ3n) is 4.71. The fraction of sp³-hybridized carbons (Fsp3) is 0.476. The number of thioether (sulfide) groups is 1. The van der Waals surface area contributed by atoms with E-state index in [1.807, 2.05) is 19.1 Å². The number of nitrogens with one attached hydrogen (secondary N) is 1. The second-order valence-electron chi connectivity index (χ2n) is 7.17. The van der Waals surface area contributed by atoms with Crippen molar-refractivity contribution in [3.8, 4) is 0 Å². The molecular formula is C21H25Cl2N3O4S2. The van der Waals surface area contributed by atoms with E-state index in [4.69, 9.17) is 32.7 Å². The number of esters is 1. The highest BCUT2D eigenvalue weighted by molar-refractivity contribution is 8.01. The molecule has 1 amide bonds. The summed E-state index contributed by atoms with van der Waals surface area (Å²) in [5.41, 5.74) is 1.40. The lowest BCUT2D eigenvalue weighted by atomic mass is 10.2. The number of halogens is 2. The number of thiazole rings is 1. The van der Waals surface area contributed by atoms with Crippen molar-refractivity contribution in [3.05, 3.63) is 44.4 Å². The van der Waals surface area contributed by atoms with Gasteiger partial charge in [-0.2, -0.15) is 0 Å².